The molecule has 3 unspecified atom stereocenters. The monoisotopic (exact) mass is 524 g/mol. The number of phosphoric acid groups is 1. The van der Waals surface area contributed by atoms with Crippen molar-refractivity contribution in [1.29, 1.82) is 0 Å². The molecule has 8 N–H and O–H groups in total. The molecular formula is C10H13MoN5O8PS2-2. The van der Waals surface area contributed by atoms with Gasteiger partial charge in [0.1, 0.15) is 5.69 Å². The van der Waals surface area contributed by atoms with E-state index < -0.39 is 57.3 Å². The first-order valence-corrected chi connectivity index (χ1v) is 10.9. The van der Waals surface area contributed by atoms with Gasteiger partial charge in [0.15, 0.2) is 12.0 Å². The number of aromatic nitrogens is 2. The normalized spacial score (nSPS) is 23.7. The number of anilines is 3. The molecule has 0 fully saturated rings. The fourth-order valence-corrected chi connectivity index (χ4v) is 3.22. The number of nitrogens with one attached hydrogen (secondary N) is 3. The van der Waals surface area contributed by atoms with E-state index in [2.05, 4.69) is 25.1 Å². The van der Waals surface area contributed by atoms with Gasteiger partial charge < -0.3 is 56.1 Å². The molecule has 3 rings (SSSR count). The third-order valence-electron chi connectivity index (χ3n) is 3.34. The van der Waals surface area contributed by atoms with E-state index in [0.717, 1.165) is 0 Å². The van der Waals surface area contributed by atoms with Gasteiger partial charge in [-0.25, -0.2) is 4.57 Å². The predicted molar refractivity (Wildman–Crippen MR) is 91.6 cm³/mol. The van der Waals surface area contributed by atoms with Crippen LogP contribution in [0.3, 0.4) is 0 Å². The minimum atomic E-state index is -4.67. The van der Waals surface area contributed by atoms with Crippen molar-refractivity contribution < 1.29 is 49.7 Å². The quantitative estimate of drug-likeness (QED) is 0.130. The van der Waals surface area contributed by atoms with Crippen LogP contribution in [0.1, 0.15) is 0 Å². The molecule has 0 bridgehead atoms. The van der Waals surface area contributed by atoms with Crippen LogP contribution in [0.25, 0.3) is 0 Å². The third kappa shape index (κ3) is 5.50. The second-order valence-corrected chi connectivity index (χ2v) is 7.56. The Balaban J connectivity index is 0.000000817. The zero-order chi connectivity index (χ0) is 20.4. The molecule has 13 nitrogen and oxygen atoms in total. The molecular weight excluding hydrogens is 509 g/mol. The van der Waals surface area contributed by atoms with Gasteiger partial charge in [0.05, 0.1) is 18.8 Å². The Morgan fingerprint density at radius 1 is 1.33 bits per heavy atom. The Morgan fingerprint density at radius 2 is 1.96 bits per heavy atom. The standard InChI is InChI=1S/C10H14N5O6PS2.Mo.H2O.O/c11-10-14-7-4(8(16)15-10)12-3-6(24)5(23)2(21-9(3)13-7)1-20-22(17,18)19;;;/h2-3,9,12,23-24H,1H2,(H2,17,18,19)(H4,11,13,14,15,16);;1H2;/q;+1;;/p-3. The molecule has 1 aromatic heterocycles. The number of nitrogens with zero attached hydrogens (tertiary/aromatic N) is 1. The van der Waals surface area contributed by atoms with E-state index in [1.165, 1.54) is 0 Å². The average molecular weight is 522 g/mol. The second kappa shape index (κ2) is 8.99. The van der Waals surface area contributed by atoms with Gasteiger partial charge in [0, 0.05) is 0 Å². The summed E-state index contributed by atoms with van der Waals surface area (Å²) < 4.78 is 36.7. The first-order valence-electron chi connectivity index (χ1n) is 6.87. The van der Waals surface area contributed by atoms with Crippen molar-refractivity contribution >= 4 is 50.5 Å². The Labute approximate surface area is 171 Å². The summed E-state index contributed by atoms with van der Waals surface area (Å²) in [4.78, 5) is 36.3. The SMILES string of the molecule is Nc1nc2c(c(=O)[nH]1)NC1C([S-])=C([S-])C(COP(=O)(O)O)OC1N2.[O]=[Mo][OH]. The molecule has 0 radical (unpaired) electrons. The summed E-state index contributed by atoms with van der Waals surface area (Å²) in [5.41, 5.74) is 5.15. The number of rotatable bonds is 3. The van der Waals surface area contributed by atoms with Gasteiger partial charge in [-0.05, 0) is 0 Å². The molecule has 27 heavy (non-hydrogen) atoms. The van der Waals surface area contributed by atoms with E-state index in [1.807, 2.05) is 0 Å². The molecule has 3 heterocycles. The number of phosphoric ester groups is 1. The first-order chi connectivity index (χ1) is 12.6. The molecule has 0 spiro atoms. The molecule has 0 amide bonds. The van der Waals surface area contributed by atoms with Crippen LogP contribution in [0.15, 0.2) is 14.6 Å². The number of H-pyrrole nitrogens is 1. The van der Waals surface area contributed by atoms with Crippen molar-refractivity contribution in [3.05, 3.63) is 20.2 Å². The molecule has 1 aromatic rings. The van der Waals surface area contributed by atoms with Gasteiger partial charge >= 0.3 is 33.9 Å². The van der Waals surface area contributed by atoms with Crippen molar-refractivity contribution in [1.82, 2.24) is 9.97 Å². The predicted octanol–water partition coefficient (Wildman–Crippen LogP) is -1.98. The number of nitrogen functional groups attached to an aromatic ring is 1. The fraction of sp³-hybridized carbons (Fsp3) is 0.400. The van der Waals surface area contributed by atoms with E-state index >= 15 is 0 Å². The van der Waals surface area contributed by atoms with E-state index in [9.17, 15) is 9.36 Å². The van der Waals surface area contributed by atoms with E-state index in [-0.39, 0.29) is 27.3 Å². The summed E-state index contributed by atoms with van der Waals surface area (Å²) >= 11 is 8.67. The van der Waals surface area contributed by atoms with Crippen LogP contribution in [0.2, 0.25) is 0 Å². The summed E-state index contributed by atoms with van der Waals surface area (Å²) in [6, 6.07) is -0.627. The molecule has 3 atom stereocenters. The van der Waals surface area contributed by atoms with Gasteiger partial charge in [0.25, 0.3) is 5.56 Å². The summed E-state index contributed by atoms with van der Waals surface area (Å²) in [5, 5.41) is 5.76. The number of hydrogen-bond acceptors (Lipinski definition) is 11. The maximum absolute atomic E-state index is 11.9. The summed E-state index contributed by atoms with van der Waals surface area (Å²) in [6.45, 7) is -0.466. The van der Waals surface area contributed by atoms with Crippen molar-refractivity contribution in [3.63, 3.8) is 0 Å². The van der Waals surface area contributed by atoms with Crippen LogP contribution in [0, 0.1) is 0 Å². The van der Waals surface area contributed by atoms with Gasteiger partial charge in [-0.2, -0.15) is 14.8 Å². The van der Waals surface area contributed by atoms with Crippen molar-refractivity contribution in [2.75, 3.05) is 23.0 Å². The van der Waals surface area contributed by atoms with Crippen molar-refractivity contribution in [3.8, 4) is 0 Å². The third-order valence-corrected chi connectivity index (χ3v) is 4.91. The van der Waals surface area contributed by atoms with Gasteiger partial charge in [-0.15, -0.1) is 0 Å². The molecule has 0 aliphatic carbocycles. The number of fused-ring (bicyclic) bond motifs is 2. The molecule has 0 aromatic carbocycles. The van der Waals surface area contributed by atoms with Crippen molar-refractivity contribution in [2.45, 2.75) is 18.4 Å². The number of aromatic amines is 1. The molecule has 0 saturated carbocycles. The topological polar surface area (TPSA) is 209 Å². The van der Waals surface area contributed by atoms with Crippen LogP contribution < -0.4 is 21.9 Å². The van der Waals surface area contributed by atoms with Crippen LogP contribution in [-0.2, 0) is 61.4 Å². The number of hydrogen-bond donors (Lipinski definition) is 7. The molecule has 151 valence electrons. The van der Waals surface area contributed by atoms with Crippen LogP contribution in [-0.4, -0.2) is 48.5 Å². The zero-order valence-electron chi connectivity index (χ0n) is 13.0. The van der Waals surface area contributed by atoms with Crippen LogP contribution >= 0.6 is 7.82 Å². The Morgan fingerprint density at radius 3 is 2.56 bits per heavy atom. The van der Waals surface area contributed by atoms with Gasteiger partial charge in [0.2, 0.25) is 5.95 Å². The van der Waals surface area contributed by atoms with E-state index in [0.29, 0.717) is 0 Å². The van der Waals surface area contributed by atoms with Crippen LogP contribution in [0.4, 0.5) is 17.5 Å². The molecule has 2 aliphatic rings. The van der Waals surface area contributed by atoms with E-state index in [1.54, 1.807) is 0 Å². The van der Waals surface area contributed by atoms with Gasteiger partial charge in [-0.3, -0.25) is 14.3 Å². The molecule has 0 saturated heterocycles. The maximum atomic E-state index is 11.9. The number of nitrogens with two attached hydrogens (primary N) is 1. The number of ether oxygens (including phenoxy) is 1. The second-order valence-electron chi connectivity index (χ2n) is 5.08. The summed E-state index contributed by atoms with van der Waals surface area (Å²) in [7, 11) is -4.67. The van der Waals surface area contributed by atoms with E-state index in [4.69, 9.17) is 52.7 Å². The summed E-state index contributed by atoms with van der Waals surface area (Å²) in [6.07, 6.45) is -1.70. The van der Waals surface area contributed by atoms with Gasteiger partial charge in [-0.1, -0.05) is 0 Å². The minimum absolute atomic E-state index is 0.0817. The molecule has 17 heteroatoms. The molecule has 2 aliphatic heterocycles. The summed E-state index contributed by atoms with van der Waals surface area (Å²) in [5.74, 6) is 0.0876. The van der Waals surface area contributed by atoms with Crippen LogP contribution in [0.5, 0.6) is 0 Å². The Hall–Kier alpha value is -1.02. The van der Waals surface area contributed by atoms with Crippen molar-refractivity contribution in [2.24, 2.45) is 0 Å². The zero-order valence-corrected chi connectivity index (χ0v) is 17.6. The Kier molecular flexibility index (Phi) is 7.41. The fourth-order valence-electron chi connectivity index (χ4n) is 2.32. The Bertz CT molecular complexity index is 862. The average Bonchev–Trinajstić information content (AvgIpc) is 2.55. The first kappa shape index (κ1) is 22.3.